The van der Waals surface area contributed by atoms with E-state index in [-0.39, 0.29) is 5.91 Å². The van der Waals surface area contributed by atoms with Crippen molar-refractivity contribution in [3.05, 3.63) is 56.5 Å². The number of halogens is 2. The average Bonchev–Trinajstić information content (AvgIpc) is 3.33. The number of benzene rings is 1. The zero-order valence-corrected chi connectivity index (χ0v) is 18.0. The summed E-state index contributed by atoms with van der Waals surface area (Å²) in [6, 6.07) is 11.9. The van der Waals surface area contributed by atoms with Crippen molar-refractivity contribution < 1.29 is 4.79 Å². The molecule has 4 rings (SSSR count). The van der Waals surface area contributed by atoms with E-state index in [9.17, 15) is 4.79 Å². The Morgan fingerprint density at radius 3 is 2.81 bits per heavy atom. The third-order valence-corrected chi connectivity index (χ3v) is 6.74. The predicted octanol–water partition coefficient (Wildman–Crippen LogP) is 4.99. The van der Waals surface area contributed by atoms with E-state index in [2.05, 4.69) is 36.8 Å². The molecule has 0 spiro atoms. The Labute approximate surface area is 176 Å². The molecule has 1 aliphatic heterocycles. The number of rotatable bonds is 6. The Kier molecular flexibility index (Phi) is 5.88. The van der Waals surface area contributed by atoms with Gasteiger partial charge in [0.2, 0.25) is 0 Å². The van der Waals surface area contributed by atoms with Gasteiger partial charge >= 0.3 is 0 Å². The summed E-state index contributed by atoms with van der Waals surface area (Å²) in [7, 11) is 0. The maximum atomic E-state index is 12.9. The largest absolute Gasteiger partial charge is 0.349 e. The van der Waals surface area contributed by atoms with Gasteiger partial charge in [-0.15, -0.1) is 11.3 Å². The molecule has 1 amide bonds. The first-order chi connectivity index (χ1) is 13.1. The van der Waals surface area contributed by atoms with E-state index in [1.807, 2.05) is 30.3 Å². The van der Waals surface area contributed by atoms with Crippen molar-refractivity contribution in [2.24, 2.45) is 0 Å². The van der Waals surface area contributed by atoms with Crippen molar-refractivity contribution in [2.75, 3.05) is 26.2 Å². The fourth-order valence-electron chi connectivity index (χ4n) is 3.61. The van der Waals surface area contributed by atoms with E-state index >= 15 is 0 Å². The highest BCUT2D eigenvalue weighted by Gasteiger charge is 2.18. The van der Waals surface area contributed by atoms with Crippen LogP contribution in [0.25, 0.3) is 10.2 Å². The van der Waals surface area contributed by atoms with Gasteiger partial charge in [-0.2, -0.15) is 0 Å². The number of nitrogens with one attached hydrogen (secondary N) is 1. The molecular formula is C20H21BrClN3OS. The molecule has 3 aromatic rings. The molecule has 1 N–H and O–H groups in total. The minimum atomic E-state index is -0.0178. The molecule has 0 unspecified atom stereocenters. The minimum Gasteiger partial charge on any atom is -0.349 e. The lowest BCUT2D eigenvalue weighted by Crippen LogP contribution is -2.34. The number of aromatic nitrogens is 1. The molecule has 4 nitrogen and oxygen atoms in total. The van der Waals surface area contributed by atoms with Gasteiger partial charge in [0.1, 0.15) is 5.69 Å². The van der Waals surface area contributed by atoms with Crippen molar-refractivity contribution in [1.82, 2.24) is 14.8 Å². The highest BCUT2D eigenvalue weighted by Crippen LogP contribution is 2.33. The first-order valence-corrected chi connectivity index (χ1v) is 11.1. The van der Waals surface area contributed by atoms with Crippen LogP contribution in [-0.4, -0.2) is 41.6 Å². The molecule has 1 saturated heterocycles. The van der Waals surface area contributed by atoms with Gasteiger partial charge in [-0.05, 0) is 71.7 Å². The highest BCUT2D eigenvalue weighted by atomic mass is 79.9. The van der Waals surface area contributed by atoms with E-state index in [1.165, 1.54) is 12.8 Å². The monoisotopic (exact) mass is 465 g/mol. The van der Waals surface area contributed by atoms with Crippen LogP contribution in [0.15, 0.2) is 40.2 Å². The maximum Gasteiger partial charge on any atom is 0.268 e. The first kappa shape index (κ1) is 19.0. The van der Waals surface area contributed by atoms with Crippen molar-refractivity contribution in [3.8, 4) is 0 Å². The Morgan fingerprint density at radius 2 is 2.04 bits per heavy atom. The van der Waals surface area contributed by atoms with Gasteiger partial charge in [-0.3, -0.25) is 4.79 Å². The topological polar surface area (TPSA) is 37.3 Å². The SMILES string of the molecule is O=C(NCCN1CCCC1)c1cc2sc(Br)cc2n1Cc1cccc(Cl)c1. The number of amides is 1. The van der Waals surface area contributed by atoms with Crippen LogP contribution < -0.4 is 5.32 Å². The second-order valence-corrected chi connectivity index (χ2v) is 9.75. The summed E-state index contributed by atoms with van der Waals surface area (Å²) in [6.07, 6.45) is 2.53. The van der Waals surface area contributed by atoms with Gasteiger partial charge in [-0.1, -0.05) is 23.7 Å². The molecule has 2 aromatic heterocycles. The van der Waals surface area contributed by atoms with Gasteiger partial charge in [0.25, 0.3) is 5.91 Å². The second-order valence-electron chi connectivity index (χ2n) is 6.85. The first-order valence-electron chi connectivity index (χ1n) is 9.14. The molecule has 1 aromatic carbocycles. The molecule has 142 valence electrons. The van der Waals surface area contributed by atoms with Crippen LogP contribution >= 0.6 is 38.9 Å². The number of hydrogen-bond acceptors (Lipinski definition) is 3. The summed E-state index contributed by atoms with van der Waals surface area (Å²) >= 11 is 11.3. The molecule has 0 atom stereocenters. The molecule has 1 fully saturated rings. The number of hydrogen-bond donors (Lipinski definition) is 1. The zero-order chi connectivity index (χ0) is 18.8. The van der Waals surface area contributed by atoms with Crippen LogP contribution in [0.3, 0.4) is 0 Å². The third-order valence-electron chi connectivity index (χ3n) is 4.93. The average molecular weight is 467 g/mol. The van der Waals surface area contributed by atoms with Crippen molar-refractivity contribution in [2.45, 2.75) is 19.4 Å². The number of carbonyl (C=O) groups is 1. The Bertz CT molecular complexity index is 961. The fraction of sp³-hybridized carbons (Fsp3) is 0.350. The zero-order valence-electron chi connectivity index (χ0n) is 14.9. The molecule has 3 heterocycles. The van der Waals surface area contributed by atoms with E-state index in [0.29, 0.717) is 23.8 Å². The lowest BCUT2D eigenvalue weighted by Gasteiger charge is -2.15. The Morgan fingerprint density at radius 1 is 1.22 bits per heavy atom. The molecule has 0 bridgehead atoms. The van der Waals surface area contributed by atoms with Gasteiger partial charge in [-0.25, -0.2) is 0 Å². The third kappa shape index (κ3) is 4.40. The number of likely N-dealkylation sites (tertiary alicyclic amines) is 1. The lowest BCUT2D eigenvalue weighted by atomic mass is 10.2. The summed E-state index contributed by atoms with van der Waals surface area (Å²) in [5, 5.41) is 3.80. The van der Waals surface area contributed by atoms with Gasteiger partial charge < -0.3 is 14.8 Å². The van der Waals surface area contributed by atoms with E-state index in [0.717, 1.165) is 39.2 Å². The van der Waals surface area contributed by atoms with Gasteiger partial charge in [0.05, 0.1) is 14.0 Å². The summed E-state index contributed by atoms with van der Waals surface area (Å²) in [4.78, 5) is 15.3. The van der Waals surface area contributed by atoms with Crippen molar-refractivity contribution in [1.29, 1.82) is 0 Å². The van der Waals surface area contributed by atoms with Crippen LogP contribution in [0.5, 0.6) is 0 Å². The number of nitrogens with zero attached hydrogens (tertiary/aromatic N) is 2. The lowest BCUT2D eigenvalue weighted by molar-refractivity contribution is 0.0941. The van der Waals surface area contributed by atoms with Gasteiger partial charge in [0, 0.05) is 24.7 Å². The standard InChI is InChI=1S/C20H21BrClN3OS/c21-19-12-16-18(27-19)11-17(20(26)23-6-9-24-7-1-2-8-24)25(16)13-14-4-3-5-15(22)10-14/h3-5,10-12H,1-2,6-9,13H2,(H,23,26). The fourth-order valence-corrected chi connectivity index (χ4v) is 5.39. The second kappa shape index (κ2) is 8.35. The molecule has 0 radical (unpaired) electrons. The van der Waals surface area contributed by atoms with Crippen molar-refractivity contribution in [3.63, 3.8) is 0 Å². The highest BCUT2D eigenvalue weighted by molar-refractivity contribution is 9.11. The number of carbonyl (C=O) groups excluding carboxylic acids is 1. The number of fused-ring (bicyclic) bond motifs is 1. The van der Waals surface area contributed by atoms with E-state index in [4.69, 9.17) is 11.6 Å². The molecule has 0 saturated carbocycles. The molecular weight excluding hydrogens is 446 g/mol. The predicted molar refractivity (Wildman–Crippen MR) is 116 cm³/mol. The molecule has 0 aliphatic carbocycles. The normalized spacial score (nSPS) is 14.9. The summed E-state index contributed by atoms with van der Waals surface area (Å²) in [5.41, 5.74) is 2.84. The van der Waals surface area contributed by atoms with Crippen LogP contribution in [0.2, 0.25) is 5.02 Å². The summed E-state index contributed by atoms with van der Waals surface area (Å²) in [5.74, 6) is -0.0178. The van der Waals surface area contributed by atoms with E-state index in [1.54, 1.807) is 11.3 Å². The molecule has 27 heavy (non-hydrogen) atoms. The maximum absolute atomic E-state index is 12.9. The van der Waals surface area contributed by atoms with Crippen LogP contribution in [-0.2, 0) is 6.54 Å². The number of thiophene rings is 1. The van der Waals surface area contributed by atoms with Gasteiger partial charge in [0.15, 0.2) is 0 Å². The molecule has 1 aliphatic rings. The quantitative estimate of drug-likeness (QED) is 0.555. The summed E-state index contributed by atoms with van der Waals surface area (Å²) in [6.45, 7) is 4.50. The van der Waals surface area contributed by atoms with Crippen LogP contribution in [0.4, 0.5) is 0 Å². The van der Waals surface area contributed by atoms with Crippen LogP contribution in [0, 0.1) is 0 Å². The Balaban J connectivity index is 1.55. The summed E-state index contributed by atoms with van der Waals surface area (Å²) < 4.78 is 4.25. The Hall–Kier alpha value is -1.34. The van der Waals surface area contributed by atoms with Crippen molar-refractivity contribution >= 4 is 55.0 Å². The minimum absolute atomic E-state index is 0.0178. The van der Waals surface area contributed by atoms with Crippen LogP contribution in [0.1, 0.15) is 28.9 Å². The van der Waals surface area contributed by atoms with E-state index < -0.39 is 0 Å². The smallest absolute Gasteiger partial charge is 0.268 e. The molecule has 7 heteroatoms.